The van der Waals surface area contributed by atoms with Crippen LogP contribution < -0.4 is 10.2 Å². The number of hydrogen-bond acceptors (Lipinski definition) is 7. The van der Waals surface area contributed by atoms with Crippen molar-refractivity contribution in [2.24, 2.45) is 0 Å². The molecular weight excluding hydrogens is 372 g/mol. The van der Waals surface area contributed by atoms with Crippen LogP contribution in [0.15, 0.2) is 6.07 Å². The number of amides is 2. The monoisotopic (exact) mass is 402 g/mol. The van der Waals surface area contributed by atoms with Crippen molar-refractivity contribution in [2.75, 3.05) is 56.1 Å². The van der Waals surface area contributed by atoms with Gasteiger partial charge in [-0.25, -0.2) is 9.78 Å². The Kier molecular flexibility index (Phi) is 6.01. The van der Waals surface area contributed by atoms with Gasteiger partial charge in [-0.2, -0.15) is 4.98 Å². The third-order valence-corrected chi connectivity index (χ3v) is 5.91. The van der Waals surface area contributed by atoms with Gasteiger partial charge in [0.2, 0.25) is 11.9 Å². The molecule has 0 spiro atoms. The van der Waals surface area contributed by atoms with Crippen molar-refractivity contribution in [2.45, 2.75) is 45.1 Å². The largest absolute Gasteiger partial charge is 0.448 e. The molecule has 0 radical (unpaired) electrons. The fraction of sp³-hybridized carbons (Fsp3) is 0.700. The zero-order valence-electron chi connectivity index (χ0n) is 17.1. The molecule has 9 nitrogen and oxygen atoms in total. The van der Waals surface area contributed by atoms with Gasteiger partial charge in [0.1, 0.15) is 19.0 Å². The fourth-order valence-corrected chi connectivity index (χ4v) is 4.23. The minimum Gasteiger partial charge on any atom is -0.448 e. The lowest BCUT2D eigenvalue weighted by atomic mass is 9.96. The summed E-state index contributed by atoms with van der Waals surface area (Å²) in [5.41, 5.74) is 0.944. The van der Waals surface area contributed by atoms with E-state index in [-0.39, 0.29) is 12.5 Å². The molecule has 3 fully saturated rings. The third kappa shape index (κ3) is 4.89. The number of piperazine rings is 1. The molecule has 2 saturated heterocycles. The highest BCUT2D eigenvalue weighted by atomic mass is 16.6. The summed E-state index contributed by atoms with van der Waals surface area (Å²) in [6.07, 6.45) is 5.81. The van der Waals surface area contributed by atoms with Crippen LogP contribution in [-0.4, -0.2) is 83.7 Å². The second kappa shape index (κ2) is 8.84. The number of carbonyl (C=O) groups is 2. The van der Waals surface area contributed by atoms with Crippen molar-refractivity contribution < 1.29 is 14.3 Å². The van der Waals surface area contributed by atoms with Gasteiger partial charge in [0, 0.05) is 44.0 Å². The van der Waals surface area contributed by atoms with Crippen molar-refractivity contribution in [3.63, 3.8) is 0 Å². The van der Waals surface area contributed by atoms with E-state index in [1.165, 1.54) is 37.0 Å². The third-order valence-electron chi connectivity index (χ3n) is 5.91. The first kappa shape index (κ1) is 19.7. The molecule has 3 aliphatic rings. The lowest BCUT2D eigenvalue weighted by Crippen LogP contribution is -2.51. The van der Waals surface area contributed by atoms with Crippen molar-refractivity contribution in [3.05, 3.63) is 11.8 Å². The Balaban J connectivity index is 1.33. The lowest BCUT2D eigenvalue weighted by Gasteiger charge is -2.36. The van der Waals surface area contributed by atoms with Crippen molar-refractivity contribution in [3.8, 4) is 0 Å². The van der Waals surface area contributed by atoms with Crippen LogP contribution in [-0.2, 0) is 9.53 Å². The number of rotatable bonds is 5. The summed E-state index contributed by atoms with van der Waals surface area (Å²) in [4.78, 5) is 38.8. The van der Waals surface area contributed by atoms with Gasteiger partial charge in [-0.05, 0) is 19.8 Å². The van der Waals surface area contributed by atoms with E-state index in [1.807, 2.05) is 17.9 Å². The Morgan fingerprint density at radius 1 is 1.14 bits per heavy atom. The molecule has 1 aromatic rings. The molecule has 1 aromatic heterocycles. The second-order valence-corrected chi connectivity index (χ2v) is 8.07. The van der Waals surface area contributed by atoms with E-state index >= 15 is 0 Å². The Morgan fingerprint density at radius 3 is 2.59 bits per heavy atom. The number of aryl methyl sites for hydroxylation is 1. The number of aromatic nitrogens is 2. The molecule has 0 atom stereocenters. The van der Waals surface area contributed by atoms with Gasteiger partial charge in [0.05, 0.1) is 6.54 Å². The van der Waals surface area contributed by atoms with Gasteiger partial charge in [-0.15, -0.1) is 0 Å². The second-order valence-electron chi connectivity index (χ2n) is 8.07. The van der Waals surface area contributed by atoms with Crippen molar-refractivity contribution >= 4 is 23.8 Å². The topological polar surface area (TPSA) is 90.9 Å². The predicted octanol–water partition coefficient (Wildman–Crippen LogP) is 1.63. The van der Waals surface area contributed by atoms with E-state index in [2.05, 4.69) is 15.2 Å². The average Bonchev–Trinajstić information content (AvgIpc) is 3.13. The number of nitrogens with zero attached hydrogens (tertiary/aromatic N) is 5. The fourth-order valence-electron chi connectivity index (χ4n) is 4.23. The lowest BCUT2D eigenvalue weighted by molar-refractivity contribution is -0.132. The van der Waals surface area contributed by atoms with Crippen LogP contribution in [0.1, 0.15) is 37.8 Å². The summed E-state index contributed by atoms with van der Waals surface area (Å²) in [6.45, 7) is 5.62. The van der Waals surface area contributed by atoms with E-state index in [0.29, 0.717) is 38.2 Å². The first-order valence-electron chi connectivity index (χ1n) is 10.6. The number of nitrogens with one attached hydrogen (secondary N) is 1. The number of carbonyl (C=O) groups excluding carboxylic acids is 2. The van der Waals surface area contributed by atoms with Crippen LogP contribution >= 0.6 is 0 Å². The summed E-state index contributed by atoms with van der Waals surface area (Å²) in [6, 6.07) is 2.47. The summed E-state index contributed by atoms with van der Waals surface area (Å²) in [5, 5.41) is 3.51. The highest BCUT2D eigenvalue weighted by Gasteiger charge is 2.28. The molecular formula is C20H30N6O3. The molecule has 1 saturated carbocycles. The minimum absolute atomic E-state index is 0.0259. The summed E-state index contributed by atoms with van der Waals surface area (Å²) in [7, 11) is 0. The van der Waals surface area contributed by atoms with E-state index in [9.17, 15) is 9.59 Å². The van der Waals surface area contributed by atoms with Gasteiger partial charge in [0.15, 0.2) is 0 Å². The van der Waals surface area contributed by atoms with Crippen LogP contribution in [0, 0.1) is 6.92 Å². The molecule has 0 unspecified atom stereocenters. The first-order valence-corrected chi connectivity index (χ1v) is 10.6. The molecule has 2 aliphatic heterocycles. The maximum atomic E-state index is 12.5. The smallest absolute Gasteiger partial charge is 0.410 e. The molecule has 4 rings (SSSR count). The molecule has 0 bridgehead atoms. The van der Waals surface area contributed by atoms with Crippen LogP contribution in [0.4, 0.5) is 16.6 Å². The Morgan fingerprint density at radius 2 is 1.90 bits per heavy atom. The molecule has 0 aromatic carbocycles. The first-order chi connectivity index (χ1) is 14.1. The molecule has 1 N–H and O–H groups in total. The summed E-state index contributed by atoms with van der Waals surface area (Å²) >= 11 is 0. The SMILES string of the molecule is Cc1cc(N2CCN(C(=O)CN3CCOC3=O)CC2)nc(NC2CCCCC2)n1. The predicted molar refractivity (Wildman–Crippen MR) is 109 cm³/mol. The maximum absolute atomic E-state index is 12.5. The molecule has 2 amide bonds. The van der Waals surface area contributed by atoms with E-state index < -0.39 is 6.09 Å². The Bertz CT molecular complexity index is 744. The summed E-state index contributed by atoms with van der Waals surface area (Å²) in [5.74, 6) is 1.59. The van der Waals surface area contributed by atoms with Crippen LogP contribution in [0.5, 0.6) is 0 Å². The molecule has 29 heavy (non-hydrogen) atoms. The van der Waals surface area contributed by atoms with E-state index in [0.717, 1.165) is 24.6 Å². The Hall–Kier alpha value is -2.58. The van der Waals surface area contributed by atoms with E-state index in [1.54, 1.807) is 0 Å². The van der Waals surface area contributed by atoms with Gasteiger partial charge in [0.25, 0.3) is 0 Å². The number of hydrogen-bond donors (Lipinski definition) is 1. The zero-order chi connectivity index (χ0) is 20.2. The minimum atomic E-state index is -0.397. The van der Waals surface area contributed by atoms with Gasteiger partial charge >= 0.3 is 6.09 Å². The van der Waals surface area contributed by atoms with Crippen LogP contribution in [0.3, 0.4) is 0 Å². The number of ether oxygens (including phenoxy) is 1. The highest BCUT2D eigenvalue weighted by Crippen LogP contribution is 2.22. The van der Waals surface area contributed by atoms with Crippen molar-refractivity contribution in [1.29, 1.82) is 0 Å². The van der Waals surface area contributed by atoms with Gasteiger partial charge in [-0.3, -0.25) is 9.69 Å². The normalized spacial score (nSPS) is 20.7. The number of anilines is 2. The molecule has 1 aliphatic carbocycles. The Labute approximate surface area is 171 Å². The van der Waals surface area contributed by atoms with Crippen LogP contribution in [0.25, 0.3) is 0 Å². The standard InChI is InChI=1S/C20H30N6O3/c1-15-13-17(23-19(21-15)22-16-5-3-2-4-6-16)24-7-9-25(10-8-24)18(27)14-26-11-12-29-20(26)28/h13,16H,2-12,14H2,1H3,(H,21,22,23). The summed E-state index contributed by atoms with van der Waals surface area (Å²) < 4.78 is 4.89. The van der Waals surface area contributed by atoms with E-state index in [4.69, 9.17) is 9.72 Å². The highest BCUT2D eigenvalue weighted by molar-refractivity contribution is 5.83. The molecule has 3 heterocycles. The molecule has 158 valence electrons. The van der Waals surface area contributed by atoms with Crippen molar-refractivity contribution in [1.82, 2.24) is 19.8 Å². The van der Waals surface area contributed by atoms with Gasteiger partial charge in [-0.1, -0.05) is 19.3 Å². The maximum Gasteiger partial charge on any atom is 0.410 e. The van der Waals surface area contributed by atoms with Gasteiger partial charge < -0.3 is 19.9 Å². The average molecular weight is 402 g/mol. The van der Waals surface area contributed by atoms with Crippen LogP contribution in [0.2, 0.25) is 0 Å². The quantitative estimate of drug-likeness (QED) is 0.800. The number of cyclic esters (lactones) is 1. The zero-order valence-corrected chi connectivity index (χ0v) is 17.1. The molecule has 9 heteroatoms.